The highest BCUT2D eigenvalue weighted by Crippen LogP contribution is 2.32. The summed E-state index contributed by atoms with van der Waals surface area (Å²) in [6, 6.07) is -0.836. The highest BCUT2D eigenvalue weighted by atomic mass is 16.4. The van der Waals surface area contributed by atoms with Crippen molar-refractivity contribution >= 4 is 11.9 Å². The number of carboxylic acids is 1. The molecule has 3 unspecified atom stereocenters. The Balaban J connectivity index is 2.54. The molecular weight excluding hydrogens is 248 g/mol. The summed E-state index contributed by atoms with van der Waals surface area (Å²) in [6.45, 7) is 1.99. The van der Waals surface area contributed by atoms with Crippen LogP contribution in [0.2, 0.25) is 0 Å². The van der Waals surface area contributed by atoms with Crippen molar-refractivity contribution in [1.82, 2.24) is 5.32 Å². The summed E-state index contributed by atoms with van der Waals surface area (Å²) in [5.74, 6) is -0.882. The van der Waals surface area contributed by atoms with E-state index in [0.29, 0.717) is 5.92 Å². The van der Waals surface area contributed by atoms with Gasteiger partial charge in [0, 0.05) is 6.42 Å². The molecule has 1 amide bonds. The number of carbonyl (C=O) groups excluding carboxylic acids is 1. The zero-order valence-electron chi connectivity index (χ0n) is 11.4. The summed E-state index contributed by atoms with van der Waals surface area (Å²) >= 11 is 0. The Morgan fingerprint density at radius 1 is 1.53 bits per heavy atom. The summed E-state index contributed by atoms with van der Waals surface area (Å²) in [4.78, 5) is 22.4. The van der Waals surface area contributed by atoms with Crippen LogP contribution in [-0.4, -0.2) is 40.3 Å². The zero-order chi connectivity index (χ0) is 14.5. The third kappa shape index (κ3) is 4.80. The van der Waals surface area contributed by atoms with E-state index >= 15 is 0 Å². The van der Waals surface area contributed by atoms with Crippen molar-refractivity contribution in [3.63, 3.8) is 0 Å². The van der Waals surface area contributed by atoms with Crippen LogP contribution < -0.4 is 11.1 Å². The van der Waals surface area contributed by atoms with E-state index in [1.807, 2.05) is 0 Å². The Kier molecular flexibility index (Phi) is 5.75. The van der Waals surface area contributed by atoms with Crippen molar-refractivity contribution < 1.29 is 19.8 Å². The molecule has 1 saturated carbocycles. The standard InChI is InChI=1S/C13H24N2O4/c1-9-3-2-6-13(7-9,8-16)15-12(19)10(14)4-5-11(17)18/h9-10,16H,2-8,14H2,1H3,(H,15,19)(H,17,18). The van der Waals surface area contributed by atoms with Crippen molar-refractivity contribution in [1.29, 1.82) is 0 Å². The van der Waals surface area contributed by atoms with Gasteiger partial charge in [0.1, 0.15) is 0 Å². The number of nitrogens with one attached hydrogen (secondary N) is 1. The van der Waals surface area contributed by atoms with Gasteiger partial charge in [0.15, 0.2) is 0 Å². The van der Waals surface area contributed by atoms with Gasteiger partial charge in [-0.15, -0.1) is 0 Å². The number of hydrogen-bond acceptors (Lipinski definition) is 4. The van der Waals surface area contributed by atoms with Crippen LogP contribution in [0, 0.1) is 5.92 Å². The lowest BCUT2D eigenvalue weighted by atomic mass is 9.76. The van der Waals surface area contributed by atoms with Crippen LogP contribution in [0.5, 0.6) is 0 Å². The number of carboxylic acid groups (broad SMARTS) is 1. The predicted octanol–water partition coefficient (Wildman–Crippen LogP) is 0.236. The maximum absolute atomic E-state index is 12.0. The van der Waals surface area contributed by atoms with Crippen molar-refractivity contribution in [2.45, 2.75) is 57.0 Å². The fourth-order valence-corrected chi connectivity index (χ4v) is 2.72. The zero-order valence-corrected chi connectivity index (χ0v) is 11.4. The highest BCUT2D eigenvalue weighted by Gasteiger charge is 2.36. The molecule has 6 heteroatoms. The number of amides is 1. The van der Waals surface area contributed by atoms with Crippen LogP contribution in [0.15, 0.2) is 0 Å². The van der Waals surface area contributed by atoms with E-state index in [-0.39, 0.29) is 25.4 Å². The third-order valence-corrected chi connectivity index (χ3v) is 3.79. The molecule has 110 valence electrons. The van der Waals surface area contributed by atoms with Crippen molar-refractivity contribution in [2.24, 2.45) is 11.7 Å². The summed E-state index contributed by atoms with van der Waals surface area (Å²) in [6.07, 6.45) is 3.52. The maximum Gasteiger partial charge on any atom is 0.303 e. The van der Waals surface area contributed by atoms with Gasteiger partial charge < -0.3 is 21.3 Å². The van der Waals surface area contributed by atoms with Gasteiger partial charge in [-0.05, 0) is 25.2 Å². The Morgan fingerprint density at radius 2 is 2.21 bits per heavy atom. The third-order valence-electron chi connectivity index (χ3n) is 3.79. The second-order valence-corrected chi connectivity index (χ2v) is 5.67. The van der Waals surface area contributed by atoms with Crippen LogP contribution in [0.4, 0.5) is 0 Å². The lowest BCUT2D eigenvalue weighted by Crippen LogP contribution is -2.57. The Labute approximate surface area is 113 Å². The van der Waals surface area contributed by atoms with E-state index in [0.717, 1.165) is 25.7 Å². The molecular formula is C13H24N2O4. The molecule has 1 aliphatic carbocycles. The first-order chi connectivity index (χ1) is 8.88. The molecule has 3 atom stereocenters. The number of hydrogen-bond donors (Lipinski definition) is 4. The molecule has 1 aliphatic rings. The largest absolute Gasteiger partial charge is 0.481 e. The van der Waals surface area contributed by atoms with Crippen molar-refractivity contribution in [3.8, 4) is 0 Å². The molecule has 6 nitrogen and oxygen atoms in total. The topological polar surface area (TPSA) is 113 Å². The Hall–Kier alpha value is -1.14. The van der Waals surface area contributed by atoms with E-state index < -0.39 is 17.6 Å². The van der Waals surface area contributed by atoms with Gasteiger partial charge in [0.25, 0.3) is 0 Å². The molecule has 0 saturated heterocycles. The average Bonchev–Trinajstić information content (AvgIpc) is 2.35. The van der Waals surface area contributed by atoms with E-state index in [4.69, 9.17) is 10.8 Å². The van der Waals surface area contributed by atoms with Gasteiger partial charge in [-0.3, -0.25) is 9.59 Å². The minimum Gasteiger partial charge on any atom is -0.481 e. The number of aliphatic carboxylic acids is 1. The fourth-order valence-electron chi connectivity index (χ4n) is 2.72. The van der Waals surface area contributed by atoms with Crippen LogP contribution in [0.3, 0.4) is 0 Å². The number of aliphatic hydroxyl groups excluding tert-OH is 1. The molecule has 0 aromatic rings. The quantitative estimate of drug-likeness (QED) is 0.553. The van der Waals surface area contributed by atoms with Crippen LogP contribution >= 0.6 is 0 Å². The minimum atomic E-state index is -0.966. The number of nitrogens with two attached hydrogens (primary N) is 1. The van der Waals surface area contributed by atoms with Gasteiger partial charge in [-0.25, -0.2) is 0 Å². The summed E-state index contributed by atoms with van der Waals surface area (Å²) < 4.78 is 0. The van der Waals surface area contributed by atoms with E-state index in [1.54, 1.807) is 0 Å². The Morgan fingerprint density at radius 3 is 2.74 bits per heavy atom. The van der Waals surface area contributed by atoms with E-state index in [1.165, 1.54) is 0 Å². The molecule has 19 heavy (non-hydrogen) atoms. The average molecular weight is 272 g/mol. The fraction of sp³-hybridized carbons (Fsp3) is 0.846. The molecule has 0 aromatic heterocycles. The molecule has 1 rings (SSSR count). The monoisotopic (exact) mass is 272 g/mol. The van der Waals surface area contributed by atoms with Gasteiger partial charge in [-0.2, -0.15) is 0 Å². The highest BCUT2D eigenvalue weighted by molar-refractivity contribution is 5.82. The van der Waals surface area contributed by atoms with Gasteiger partial charge in [-0.1, -0.05) is 19.8 Å². The second kappa shape index (κ2) is 6.86. The molecule has 0 spiro atoms. The minimum absolute atomic E-state index is 0.102. The van der Waals surface area contributed by atoms with Gasteiger partial charge in [0.2, 0.25) is 5.91 Å². The lowest BCUT2D eigenvalue weighted by molar-refractivity contribution is -0.137. The molecule has 1 fully saturated rings. The van der Waals surface area contributed by atoms with E-state index in [2.05, 4.69) is 12.2 Å². The lowest BCUT2D eigenvalue weighted by Gasteiger charge is -2.40. The summed E-state index contributed by atoms with van der Waals surface area (Å²) in [7, 11) is 0. The molecule has 0 heterocycles. The van der Waals surface area contributed by atoms with Crippen molar-refractivity contribution in [2.75, 3.05) is 6.61 Å². The first-order valence-corrected chi connectivity index (χ1v) is 6.79. The molecule has 5 N–H and O–H groups in total. The van der Waals surface area contributed by atoms with Gasteiger partial charge >= 0.3 is 5.97 Å². The molecule has 0 radical (unpaired) electrons. The predicted molar refractivity (Wildman–Crippen MR) is 70.4 cm³/mol. The van der Waals surface area contributed by atoms with Gasteiger partial charge in [0.05, 0.1) is 18.2 Å². The first kappa shape index (κ1) is 15.9. The molecule has 0 aromatic carbocycles. The van der Waals surface area contributed by atoms with Crippen LogP contribution in [-0.2, 0) is 9.59 Å². The maximum atomic E-state index is 12.0. The van der Waals surface area contributed by atoms with Crippen molar-refractivity contribution in [3.05, 3.63) is 0 Å². The Bertz CT molecular complexity index is 335. The SMILES string of the molecule is CC1CCCC(CO)(NC(=O)C(N)CCC(=O)O)C1. The van der Waals surface area contributed by atoms with E-state index in [9.17, 15) is 14.7 Å². The first-order valence-electron chi connectivity index (χ1n) is 6.79. The van der Waals surface area contributed by atoms with Crippen LogP contribution in [0.1, 0.15) is 45.4 Å². The smallest absolute Gasteiger partial charge is 0.303 e. The normalized spacial score (nSPS) is 28.7. The summed E-state index contributed by atoms with van der Waals surface area (Å²) in [5, 5.41) is 21.0. The number of aliphatic hydroxyl groups is 1. The summed E-state index contributed by atoms with van der Waals surface area (Å²) in [5.41, 5.74) is 5.09. The molecule has 0 bridgehead atoms. The molecule has 0 aliphatic heterocycles. The number of rotatable bonds is 6. The number of carbonyl (C=O) groups is 2. The van der Waals surface area contributed by atoms with Crippen LogP contribution in [0.25, 0.3) is 0 Å². The second-order valence-electron chi connectivity index (χ2n) is 5.67.